The molecule has 0 saturated carbocycles. The van der Waals surface area contributed by atoms with Crippen molar-refractivity contribution in [1.29, 1.82) is 0 Å². The second-order valence-electron chi connectivity index (χ2n) is 4.58. The van der Waals surface area contributed by atoms with Crippen molar-refractivity contribution in [2.24, 2.45) is 0 Å². The number of hydrogen-bond acceptors (Lipinski definition) is 3. The summed E-state index contributed by atoms with van der Waals surface area (Å²) >= 11 is 0. The van der Waals surface area contributed by atoms with Crippen molar-refractivity contribution in [2.45, 2.75) is 11.8 Å². The Hall–Kier alpha value is -2.58. The molecule has 2 aromatic rings. The minimum atomic E-state index is -3.47. The van der Waals surface area contributed by atoms with Crippen LogP contribution in [-0.4, -0.2) is 20.1 Å². The zero-order valence-electron chi connectivity index (χ0n) is 12.0. The number of amides is 1. The van der Waals surface area contributed by atoms with Crippen molar-refractivity contribution in [1.82, 2.24) is 0 Å². The molecule has 0 heterocycles. The molecule has 22 heavy (non-hydrogen) atoms. The number of anilines is 1. The van der Waals surface area contributed by atoms with Gasteiger partial charge in [0.25, 0.3) is 5.91 Å². The van der Waals surface area contributed by atoms with E-state index in [-0.39, 0.29) is 16.2 Å². The van der Waals surface area contributed by atoms with Crippen molar-refractivity contribution >= 4 is 21.4 Å². The van der Waals surface area contributed by atoms with E-state index in [2.05, 4.69) is 11.2 Å². The van der Waals surface area contributed by atoms with Gasteiger partial charge in [0.1, 0.15) is 0 Å². The Morgan fingerprint density at radius 2 is 1.91 bits per heavy atom. The van der Waals surface area contributed by atoms with Gasteiger partial charge in [0.05, 0.1) is 16.2 Å². The van der Waals surface area contributed by atoms with Crippen LogP contribution in [0.3, 0.4) is 0 Å². The molecule has 0 saturated heterocycles. The van der Waals surface area contributed by atoms with Gasteiger partial charge in [0, 0.05) is 11.3 Å². The fourth-order valence-corrected chi connectivity index (χ4v) is 3.06. The van der Waals surface area contributed by atoms with Crippen molar-refractivity contribution in [2.75, 3.05) is 11.1 Å². The molecule has 0 radical (unpaired) electrons. The predicted molar refractivity (Wildman–Crippen MR) is 86.5 cm³/mol. The van der Waals surface area contributed by atoms with Crippen LogP contribution < -0.4 is 5.32 Å². The highest BCUT2D eigenvalue weighted by atomic mass is 32.2. The van der Waals surface area contributed by atoms with Gasteiger partial charge in [-0.15, -0.1) is 6.42 Å². The molecule has 5 heteroatoms. The minimum Gasteiger partial charge on any atom is -0.322 e. The summed E-state index contributed by atoms with van der Waals surface area (Å²) in [7, 11) is -3.47. The summed E-state index contributed by atoms with van der Waals surface area (Å²) in [4.78, 5) is 12.4. The maximum atomic E-state index is 12.4. The van der Waals surface area contributed by atoms with Crippen molar-refractivity contribution < 1.29 is 13.2 Å². The highest BCUT2D eigenvalue weighted by molar-refractivity contribution is 7.91. The van der Waals surface area contributed by atoms with Gasteiger partial charge in [0.15, 0.2) is 9.84 Å². The maximum Gasteiger partial charge on any atom is 0.256 e. The third kappa shape index (κ3) is 3.35. The monoisotopic (exact) mass is 313 g/mol. The first-order chi connectivity index (χ1) is 10.5. The molecule has 1 N–H and O–H groups in total. The number of nitrogens with one attached hydrogen (secondary N) is 1. The first-order valence-corrected chi connectivity index (χ1v) is 8.33. The zero-order valence-corrected chi connectivity index (χ0v) is 12.9. The number of hydrogen-bond donors (Lipinski definition) is 1. The zero-order chi connectivity index (χ0) is 16.2. The molecule has 0 fully saturated rings. The lowest BCUT2D eigenvalue weighted by Crippen LogP contribution is -2.17. The predicted octanol–water partition coefficient (Wildman–Crippen LogP) is 2.71. The number of terminal acetylenes is 1. The van der Waals surface area contributed by atoms with Gasteiger partial charge in [-0.25, -0.2) is 8.42 Å². The highest BCUT2D eigenvalue weighted by Gasteiger charge is 2.20. The van der Waals surface area contributed by atoms with E-state index in [1.54, 1.807) is 43.3 Å². The summed E-state index contributed by atoms with van der Waals surface area (Å²) in [6.45, 7) is 1.54. The quantitative estimate of drug-likeness (QED) is 0.883. The van der Waals surface area contributed by atoms with Crippen LogP contribution in [0, 0.1) is 12.3 Å². The van der Waals surface area contributed by atoms with E-state index < -0.39 is 15.7 Å². The Morgan fingerprint density at radius 3 is 2.59 bits per heavy atom. The van der Waals surface area contributed by atoms with Gasteiger partial charge in [0.2, 0.25) is 0 Å². The first-order valence-electron chi connectivity index (χ1n) is 6.67. The molecule has 2 aromatic carbocycles. The molecule has 0 unspecified atom stereocenters. The average molecular weight is 313 g/mol. The van der Waals surface area contributed by atoms with Crippen LogP contribution in [-0.2, 0) is 9.84 Å². The lowest BCUT2D eigenvalue weighted by molar-refractivity contribution is 0.102. The van der Waals surface area contributed by atoms with Crippen LogP contribution in [0.2, 0.25) is 0 Å². The van der Waals surface area contributed by atoms with E-state index in [9.17, 15) is 13.2 Å². The molecular formula is C17H15NO3S. The molecular weight excluding hydrogens is 298 g/mol. The van der Waals surface area contributed by atoms with Crippen LogP contribution in [0.25, 0.3) is 0 Å². The number of sulfone groups is 1. The molecule has 0 bridgehead atoms. The molecule has 0 aliphatic carbocycles. The lowest BCUT2D eigenvalue weighted by Gasteiger charge is -2.10. The third-order valence-corrected chi connectivity index (χ3v) is 4.92. The highest BCUT2D eigenvalue weighted by Crippen LogP contribution is 2.19. The van der Waals surface area contributed by atoms with E-state index in [0.717, 1.165) is 0 Å². The van der Waals surface area contributed by atoms with E-state index in [0.29, 0.717) is 11.3 Å². The average Bonchev–Trinajstić information content (AvgIpc) is 2.55. The topological polar surface area (TPSA) is 63.2 Å². The second kappa shape index (κ2) is 6.46. The van der Waals surface area contributed by atoms with Crippen LogP contribution in [0.1, 0.15) is 22.8 Å². The normalized spacial score (nSPS) is 10.7. The maximum absolute atomic E-state index is 12.4. The van der Waals surface area contributed by atoms with Gasteiger partial charge in [-0.2, -0.15) is 0 Å². The van der Waals surface area contributed by atoms with E-state index >= 15 is 0 Å². The fourth-order valence-electron chi connectivity index (χ4n) is 1.97. The van der Waals surface area contributed by atoms with Crippen molar-refractivity contribution in [3.63, 3.8) is 0 Å². The number of carbonyl (C=O) groups is 1. The standard InChI is InChI=1S/C17H15NO3S/c1-3-13-8-7-9-14(12-13)18-17(19)15-10-5-6-11-16(15)22(20,21)4-2/h1,5-12H,4H2,2H3,(H,18,19). The van der Waals surface area contributed by atoms with Crippen LogP contribution >= 0.6 is 0 Å². The molecule has 0 aliphatic heterocycles. The van der Waals surface area contributed by atoms with Crippen molar-refractivity contribution in [3.8, 4) is 12.3 Å². The van der Waals surface area contributed by atoms with Crippen LogP contribution in [0.5, 0.6) is 0 Å². The second-order valence-corrected chi connectivity index (χ2v) is 6.83. The third-order valence-electron chi connectivity index (χ3n) is 3.13. The molecule has 0 atom stereocenters. The van der Waals surface area contributed by atoms with Crippen LogP contribution in [0.4, 0.5) is 5.69 Å². The SMILES string of the molecule is C#Cc1cccc(NC(=O)c2ccccc2S(=O)(=O)CC)c1. The summed E-state index contributed by atoms with van der Waals surface area (Å²) in [6.07, 6.45) is 5.32. The largest absolute Gasteiger partial charge is 0.322 e. The Kier molecular flexibility index (Phi) is 4.64. The Bertz CT molecular complexity index is 848. The Morgan fingerprint density at radius 1 is 1.18 bits per heavy atom. The van der Waals surface area contributed by atoms with Gasteiger partial charge in [-0.1, -0.05) is 31.0 Å². The number of benzene rings is 2. The van der Waals surface area contributed by atoms with Crippen LogP contribution in [0.15, 0.2) is 53.4 Å². The van der Waals surface area contributed by atoms with Crippen molar-refractivity contribution in [3.05, 3.63) is 59.7 Å². The molecule has 4 nitrogen and oxygen atoms in total. The van der Waals surface area contributed by atoms with E-state index in [1.807, 2.05) is 0 Å². The first kappa shape index (κ1) is 15.8. The number of carbonyl (C=O) groups excluding carboxylic acids is 1. The summed E-state index contributed by atoms with van der Waals surface area (Å²) < 4.78 is 24.1. The van der Waals surface area contributed by atoms with Gasteiger partial charge >= 0.3 is 0 Å². The molecule has 112 valence electrons. The van der Waals surface area contributed by atoms with E-state index in [1.165, 1.54) is 12.1 Å². The molecule has 0 aromatic heterocycles. The smallest absolute Gasteiger partial charge is 0.256 e. The lowest BCUT2D eigenvalue weighted by atomic mass is 10.2. The Balaban J connectivity index is 2.37. The summed E-state index contributed by atoms with van der Waals surface area (Å²) in [5, 5.41) is 2.67. The van der Waals surface area contributed by atoms with Gasteiger partial charge < -0.3 is 5.32 Å². The minimum absolute atomic E-state index is 0.0307. The van der Waals surface area contributed by atoms with Gasteiger partial charge in [-0.05, 0) is 30.3 Å². The molecule has 1 amide bonds. The summed E-state index contributed by atoms with van der Waals surface area (Å²) in [6, 6.07) is 12.9. The van der Waals surface area contributed by atoms with E-state index in [4.69, 9.17) is 6.42 Å². The summed E-state index contributed by atoms with van der Waals surface area (Å²) in [5.41, 5.74) is 1.27. The fraction of sp³-hybridized carbons (Fsp3) is 0.118. The Labute approximate surface area is 130 Å². The molecule has 0 spiro atoms. The molecule has 0 aliphatic rings. The number of rotatable bonds is 4. The summed E-state index contributed by atoms with van der Waals surface area (Å²) in [5.74, 6) is 1.93. The molecule has 2 rings (SSSR count). The van der Waals surface area contributed by atoms with Gasteiger partial charge in [-0.3, -0.25) is 4.79 Å².